The van der Waals surface area contributed by atoms with Crippen molar-refractivity contribution in [2.75, 3.05) is 11.9 Å². The van der Waals surface area contributed by atoms with E-state index in [1.54, 1.807) is 18.2 Å². The second-order valence-electron chi connectivity index (χ2n) is 5.31. The van der Waals surface area contributed by atoms with E-state index in [-0.39, 0.29) is 12.5 Å². The van der Waals surface area contributed by atoms with Crippen molar-refractivity contribution in [1.82, 2.24) is 0 Å². The maximum Gasteiger partial charge on any atom is 0.338 e. The number of carbonyl (C=O) groups is 2. The third-order valence-corrected chi connectivity index (χ3v) is 3.28. The molecular weight excluding hydrogens is 278 g/mol. The third kappa shape index (κ3) is 4.19. The number of aryl methyl sites for hydroxylation is 3. The molecule has 0 aliphatic carbocycles. The second kappa shape index (κ2) is 6.89. The normalized spacial score (nSPS) is 10.1. The molecule has 0 radical (unpaired) electrons. The lowest BCUT2D eigenvalue weighted by atomic mass is 10.1. The Hall–Kier alpha value is -2.62. The number of amides is 1. The molecule has 0 heterocycles. The molecule has 0 saturated heterocycles. The van der Waals surface area contributed by atoms with E-state index >= 15 is 0 Å². The fraction of sp³-hybridized carbons (Fsp3) is 0.222. The summed E-state index contributed by atoms with van der Waals surface area (Å²) in [6.45, 7) is 5.40. The largest absolute Gasteiger partial charge is 0.452 e. The van der Waals surface area contributed by atoms with E-state index in [0.717, 1.165) is 16.7 Å². The minimum absolute atomic E-state index is 0.305. The lowest BCUT2D eigenvalue weighted by Crippen LogP contribution is -2.21. The van der Waals surface area contributed by atoms with Crippen molar-refractivity contribution in [2.45, 2.75) is 20.8 Å². The highest BCUT2D eigenvalue weighted by Gasteiger charge is 2.13. The van der Waals surface area contributed by atoms with Crippen LogP contribution in [0.15, 0.2) is 42.5 Å². The van der Waals surface area contributed by atoms with Gasteiger partial charge in [-0.3, -0.25) is 4.79 Å². The molecule has 0 bridgehead atoms. The quantitative estimate of drug-likeness (QED) is 0.880. The first-order chi connectivity index (χ1) is 10.5. The van der Waals surface area contributed by atoms with Crippen LogP contribution in [0.2, 0.25) is 0 Å². The number of ether oxygens (including phenoxy) is 1. The Kier molecular flexibility index (Phi) is 4.94. The van der Waals surface area contributed by atoms with Gasteiger partial charge in [0.1, 0.15) is 0 Å². The number of anilines is 1. The van der Waals surface area contributed by atoms with Gasteiger partial charge in [0.2, 0.25) is 0 Å². The molecule has 4 heteroatoms. The molecule has 1 amide bonds. The molecule has 2 aromatic carbocycles. The molecule has 114 valence electrons. The lowest BCUT2D eigenvalue weighted by molar-refractivity contribution is -0.119. The summed E-state index contributed by atoms with van der Waals surface area (Å²) in [7, 11) is 0. The highest BCUT2D eigenvalue weighted by atomic mass is 16.5. The summed E-state index contributed by atoms with van der Waals surface area (Å²) >= 11 is 0. The van der Waals surface area contributed by atoms with Crippen molar-refractivity contribution < 1.29 is 14.3 Å². The van der Waals surface area contributed by atoms with E-state index in [1.165, 1.54) is 0 Å². The average Bonchev–Trinajstić information content (AvgIpc) is 2.49. The van der Waals surface area contributed by atoms with Gasteiger partial charge in [-0.05, 0) is 44.5 Å². The molecule has 0 aliphatic rings. The van der Waals surface area contributed by atoms with Crippen LogP contribution in [-0.4, -0.2) is 18.5 Å². The van der Waals surface area contributed by atoms with E-state index in [1.807, 2.05) is 45.0 Å². The van der Waals surface area contributed by atoms with Gasteiger partial charge in [-0.25, -0.2) is 4.79 Å². The van der Waals surface area contributed by atoms with E-state index < -0.39 is 5.97 Å². The van der Waals surface area contributed by atoms with Crippen LogP contribution < -0.4 is 5.32 Å². The summed E-state index contributed by atoms with van der Waals surface area (Å²) in [6, 6.07) is 13.0. The molecule has 0 spiro atoms. The Morgan fingerprint density at radius 3 is 2.27 bits per heavy atom. The highest BCUT2D eigenvalue weighted by Crippen LogP contribution is 2.12. The standard InChI is InChI=1S/C18H19NO3/c1-12-5-8-15(9-6-12)19-17(20)11-22-18(21)16-10-13(2)4-7-14(16)3/h4-10H,11H2,1-3H3,(H,19,20). The molecule has 1 N–H and O–H groups in total. The van der Waals surface area contributed by atoms with E-state index in [4.69, 9.17) is 4.74 Å². The zero-order chi connectivity index (χ0) is 16.1. The molecule has 4 nitrogen and oxygen atoms in total. The number of esters is 1. The fourth-order valence-corrected chi connectivity index (χ4v) is 2.00. The summed E-state index contributed by atoms with van der Waals surface area (Å²) in [5.74, 6) is -0.845. The van der Waals surface area contributed by atoms with Crippen LogP contribution in [-0.2, 0) is 9.53 Å². The van der Waals surface area contributed by atoms with Crippen LogP contribution in [0.1, 0.15) is 27.0 Å². The first-order valence-corrected chi connectivity index (χ1v) is 7.06. The van der Waals surface area contributed by atoms with Crippen molar-refractivity contribution in [2.24, 2.45) is 0 Å². The Morgan fingerprint density at radius 2 is 1.59 bits per heavy atom. The van der Waals surface area contributed by atoms with Gasteiger partial charge in [0.15, 0.2) is 6.61 Å². The SMILES string of the molecule is Cc1ccc(NC(=O)COC(=O)c2cc(C)ccc2C)cc1. The Bertz CT molecular complexity index is 690. The first kappa shape index (κ1) is 15.8. The first-order valence-electron chi connectivity index (χ1n) is 7.06. The van der Waals surface area contributed by atoms with Crippen LogP contribution in [0.3, 0.4) is 0 Å². The van der Waals surface area contributed by atoms with Gasteiger partial charge in [-0.15, -0.1) is 0 Å². The van der Waals surface area contributed by atoms with Gasteiger partial charge in [0, 0.05) is 5.69 Å². The van der Waals surface area contributed by atoms with Crippen molar-refractivity contribution in [3.63, 3.8) is 0 Å². The van der Waals surface area contributed by atoms with Gasteiger partial charge in [0.05, 0.1) is 5.56 Å². The summed E-state index contributed by atoms with van der Waals surface area (Å²) in [5.41, 5.74) is 4.08. The van der Waals surface area contributed by atoms with Crippen molar-refractivity contribution in [1.29, 1.82) is 0 Å². The zero-order valence-corrected chi connectivity index (χ0v) is 13.0. The Balaban J connectivity index is 1.91. The predicted molar refractivity (Wildman–Crippen MR) is 86.0 cm³/mol. The minimum Gasteiger partial charge on any atom is -0.452 e. The highest BCUT2D eigenvalue weighted by molar-refractivity contribution is 5.96. The summed E-state index contributed by atoms with van der Waals surface area (Å²) in [5, 5.41) is 2.69. The minimum atomic E-state index is -0.486. The molecule has 0 aliphatic heterocycles. The van der Waals surface area contributed by atoms with Gasteiger partial charge >= 0.3 is 5.97 Å². The second-order valence-corrected chi connectivity index (χ2v) is 5.31. The van der Waals surface area contributed by atoms with Crippen LogP contribution >= 0.6 is 0 Å². The topological polar surface area (TPSA) is 55.4 Å². The van der Waals surface area contributed by atoms with Crippen molar-refractivity contribution >= 4 is 17.6 Å². The number of carbonyl (C=O) groups excluding carboxylic acids is 2. The van der Waals surface area contributed by atoms with Gasteiger partial charge < -0.3 is 10.1 Å². The lowest BCUT2D eigenvalue weighted by Gasteiger charge is -2.09. The van der Waals surface area contributed by atoms with Gasteiger partial charge in [-0.1, -0.05) is 35.4 Å². The smallest absolute Gasteiger partial charge is 0.338 e. The molecule has 0 fully saturated rings. The number of nitrogens with one attached hydrogen (secondary N) is 1. The number of hydrogen-bond donors (Lipinski definition) is 1. The molecular formula is C18H19NO3. The predicted octanol–water partition coefficient (Wildman–Crippen LogP) is 3.41. The Labute approximate surface area is 130 Å². The van der Waals surface area contributed by atoms with Crippen LogP contribution in [0.4, 0.5) is 5.69 Å². The molecule has 0 atom stereocenters. The molecule has 0 unspecified atom stereocenters. The van der Waals surface area contributed by atoms with Crippen molar-refractivity contribution in [3.8, 4) is 0 Å². The van der Waals surface area contributed by atoms with Gasteiger partial charge in [0.25, 0.3) is 5.91 Å². The van der Waals surface area contributed by atoms with Gasteiger partial charge in [-0.2, -0.15) is 0 Å². The fourth-order valence-electron chi connectivity index (χ4n) is 2.00. The van der Waals surface area contributed by atoms with E-state index in [0.29, 0.717) is 11.3 Å². The average molecular weight is 297 g/mol. The molecule has 22 heavy (non-hydrogen) atoms. The summed E-state index contributed by atoms with van der Waals surface area (Å²) in [4.78, 5) is 23.8. The summed E-state index contributed by atoms with van der Waals surface area (Å²) in [6.07, 6.45) is 0. The van der Waals surface area contributed by atoms with Crippen molar-refractivity contribution in [3.05, 3.63) is 64.7 Å². The maximum absolute atomic E-state index is 12.0. The number of hydrogen-bond acceptors (Lipinski definition) is 3. The summed E-state index contributed by atoms with van der Waals surface area (Å²) < 4.78 is 5.07. The molecule has 2 aromatic rings. The maximum atomic E-state index is 12.0. The molecule has 0 saturated carbocycles. The number of rotatable bonds is 4. The monoisotopic (exact) mass is 297 g/mol. The van der Waals surface area contributed by atoms with E-state index in [2.05, 4.69) is 5.32 Å². The van der Waals surface area contributed by atoms with E-state index in [9.17, 15) is 9.59 Å². The molecule has 0 aromatic heterocycles. The third-order valence-electron chi connectivity index (χ3n) is 3.28. The van der Waals surface area contributed by atoms with Crippen LogP contribution in [0.5, 0.6) is 0 Å². The number of benzene rings is 2. The van der Waals surface area contributed by atoms with Crippen LogP contribution in [0, 0.1) is 20.8 Å². The molecule has 2 rings (SSSR count). The van der Waals surface area contributed by atoms with Crippen LogP contribution in [0.25, 0.3) is 0 Å². The Morgan fingerprint density at radius 1 is 0.955 bits per heavy atom. The zero-order valence-electron chi connectivity index (χ0n) is 13.0.